The molecule has 5 nitrogen and oxygen atoms in total. The van der Waals surface area contributed by atoms with Crippen molar-refractivity contribution in [1.29, 1.82) is 0 Å². The average molecular weight is 244 g/mol. The summed E-state index contributed by atoms with van der Waals surface area (Å²) in [5.74, 6) is 0.0345. The number of ether oxygens (including phenoxy) is 2. The Kier molecular flexibility index (Phi) is 7.16. The summed E-state index contributed by atoms with van der Waals surface area (Å²) in [6.45, 7) is 4.64. The number of methoxy groups -OCH3 is 1. The Morgan fingerprint density at radius 2 is 2.29 bits per heavy atom. The molecule has 100 valence electrons. The lowest BCUT2D eigenvalue weighted by Gasteiger charge is -2.21. The van der Waals surface area contributed by atoms with Crippen molar-refractivity contribution in [3.63, 3.8) is 0 Å². The lowest BCUT2D eigenvalue weighted by Crippen LogP contribution is -2.47. The Hall–Kier alpha value is -0.650. The summed E-state index contributed by atoms with van der Waals surface area (Å²) < 4.78 is 10.3. The van der Waals surface area contributed by atoms with E-state index in [0.717, 1.165) is 32.5 Å². The first-order chi connectivity index (χ1) is 8.24. The van der Waals surface area contributed by atoms with Gasteiger partial charge in [0.2, 0.25) is 5.91 Å². The van der Waals surface area contributed by atoms with Gasteiger partial charge in [-0.15, -0.1) is 0 Å². The molecule has 1 saturated heterocycles. The van der Waals surface area contributed by atoms with E-state index in [1.807, 2.05) is 6.92 Å². The summed E-state index contributed by atoms with van der Waals surface area (Å²) in [6.07, 6.45) is 3.13. The topological polar surface area (TPSA) is 59.6 Å². The Bertz CT molecular complexity index is 216. The van der Waals surface area contributed by atoms with Crippen molar-refractivity contribution in [3.8, 4) is 0 Å². The zero-order valence-corrected chi connectivity index (χ0v) is 10.8. The van der Waals surface area contributed by atoms with Gasteiger partial charge < -0.3 is 20.1 Å². The van der Waals surface area contributed by atoms with Gasteiger partial charge in [0.1, 0.15) is 0 Å². The third-order valence-corrected chi connectivity index (χ3v) is 2.94. The maximum absolute atomic E-state index is 11.7. The predicted molar refractivity (Wildman–Crippen MR) is 65.9 cm³/mol. The largest absolute Gasteiger partial charge is 0.383 e. The van der Waals surface area contributed by atoms with Crippen LogP contribution in [0.15, 0.2) is 0 Å². The first-order valence-corrected chi connectivity index (χ1v) is 6.34. The van der Waals surface area contributed by atoms with Crippen LogP contribution >= 0.6 is 0 Å². The molecule has 0 spiro atoms. The van der Waals surface area contributed by atoms with E-state index in [1.165, 1.54) is 0 Å². The number of hydrogen-bond acceptors (Lipinski definition) is 4. The minimum Gasteiger partial charge on any atom is -0.383 e. The third-order valence-electron chi connectivity index (χ3n) is 2.94. The van der Waals surface area contributed by atoms with E-state index in [-0.39, 0.29) is 11.9 Å². The lowest BCUT2D eigenvalue weighted by molar-refractivity contribution is -0.123. The van der Waals surface area contributed by atoms with Gasteiger partial charge in [0.25, 0.3) is 0 Å². The van der Waals surface area contributed by atoms with E-state index in [1.54, 1.807) is 7.11 Å². The maximum atomic E-state index is 11.7. The normalized spacial score (nSPS) is 22.8. The highest BCUT2D eigenvalue weighted by Crippen LogP contribution is 2.08. The van der Waals surface area contributed by atoms with Gasteiger partial charge in [-0.2, -0.15) is 0 Å². The predicted octanol–water partition coefficient (Wildman–Crippen LogP) is 0.296. The quantitative estimate of drug-likeness (QED) is 0.660. The summed E-state index contributed by atoms with van der Waals surface area (Å²) in [5.41, 5.74) is 0. The van der Waals surface area contributed by atoms with Gasteiger partial charge in [-0.1, -0.05) is 0 Å². The van der Waals surface area contributed by atoms with Gasteiger partial charge in [-0.25, -0.2) is 0 Å². The fraction of sp³-hybridized carbons (Fsp3) is 0.917. The molecule has 2 unspecified atom stereocenters. The van der Waals surface area contributed by atoms with Gasteiger partial charge >= 0.3 is 0 Å². The second kappa shape index (κ2) is 8.44. The molecule has 0 aromatic carbocycles. The fourth-order valence-corrected chi connectivity index (χ4v) is 1.93. The Morgan fingerprint density at radius 1 is 1.47 bits per heavy atom. The van der Waals surface area contributed by atoms with Crippen LogP contribution < -0.4 is 10.6 Å². The van der Waals surface area contributed by atoms with Gasteiger partial charge in [0.05, 0.1) is 12.6 Å². The van der Waals surface area contributed by atoms with E-state index in [0.29, 0.717) is 19.2 Å². The Morgan fingerprint density at radius 3 is 3.06 bits per heavy atom. The molecule has 5 heteroatoms. The van der Waals surface area contributed by atoms with E-state index < -0.39 is 0 Å². The molecule has 0 saturated carbocycles. The molecule has 17 heavy (non-hydrogen) atoms. The second-order valence-electron chi connectivity index (χ2n) is 4.41. The number of carbonyl (C=O) groups is 1. The van der Waals surface area contributed by atoms with Crippen molar-refractivity contribution in [3.05, 3.63) is 0 Å². The summed E-state index contributed by atoms with van der Waals surface area (Å²) in [6, 6.07) is 0.232. The molecule has 2 N–H and O–H groups in total. The van der Waals surface area contributed by atoms with E-state index in [4.69, 9.17) is 9.47 Å². The van der Waals surface area contributed by atoms with Crippen LogP contribution in [0.2, 0.25) is 0 Å². The minimum absolute atomic E-state index is 0.0345. The lowest BCUT2D eigenvalue weighted by atomic mass is 10.1. The summed E-state index contributed by atoms with van der Waals surface area (Å²) in [5, 5.41) is 6.18. The van der Waals surface area contributed by atoms with Crippen LogP contribution in [-0.2, 0) is 14.3 Å². The van der Waals surface area contributed by atoms with Gasteiger partial charge in [0, 0.05) is 32.9 Å². The highest BCUT2D eigenvalue weighted by molar-refractivity contribution is 5.81. The van der Waals surface area contributed by atoms with Crippen molar-refractivity contribution in [2.45, 2.75) is 38.3 Å². The molecule has 2 atom stereocenters. The smallest absolute Gasteiger partial charge is 0.236 e. The van der Waals surface area contributed by atoms with Crippen LogP contribution in [0.3, 0.4) is 0 Å². The SMILES string of the molecule is COCCNC(=O)C(C)NC1CCCOCC1. The molecule has 0 radical (unpaired) electrons. The number of nitrogens with one attached hydrogen (secondary N) is 2. The van der Waals surface area contributed by atoms with Crippen molar-refractivity contribution in [2.24, 2.45) is 0 Å². The Labute approximate surface area is 103 Å². The molecule has 1 aliphatic heterocycles. The number of hydrogen-bond donors (Lipinski definition) is 2. The highest BCUT2D eigenvalue weighted by atomic mass is 16.5. The molecule has 0 bridgehead atoms. The molecule has 0 aliphatic carbocycles. The zero-order valence-electron chi connectivity index (χ0n) is 10.8. The second-order valence-corrected chi connectivity index (χ2v) is 4.41. The third kappa shape index (κ3) is 6.00. The van der Waals surface area contributed by atoms with Gasteiger partial charge in [-0.3, -0.25) is 4.79 Å². The van der Waals surface area contributed by atoms with Crippen molar-refractivity contribution >= 4 is 5.91 Å². The number of rotatable bonds is 6. The monoisotopic (exact) mass is 244 g/mol. The van der Waals surface area contributed by atoms with Crippen LogP contribution in [0.1, 0.15) is 26.2 Å². The summed E-state index contributed by atoms with van der Waals surface area (Å²) in [7, 11) is 1.62. The summed E-state index contributed by atoms with van der Waals surface area (Å²) >= 11 is 0. The van der Waals surface area contributed by atoms with Gasteiger partial charge in [0.15, 0.2) is 0 Å². The zero-order chi connectivity index (χ0) is 12.5. The van der Waals surface area contributed by atoms with E-state index in [9.17, 15) is 4.79 Å². The molecule has 1 heterocycles. The van der Waals surface area contributed by atoms with Crippen LogP contribution in [-0.4, -0.2) is 51.5 Å². The number of carbonyl (C=O) groups excluding carboxylic acids is 1. The van der Waals surface area contributed by atoms with E-state index in [2.05, 4.69) is 10.6 Å². The van der Waals surface area contributed by atoms with Crippen LogP contribution in [0.25, 0.3) is 0 Å². The van der Waals surface area contributed by atoms with Crippen molar-refractivity contribution in [1.82, 2.24) is 10.6 Å². The van der Waals surface area contributed by atoms with Crippen LogP contribution in [0.4, 0.5) is 0 Å². The summed E-state index contributed by atoms with van der Waals surface area (Å²) in [4.78, 5) is 11.7. The molecule has 0 aromatic rings. The molecule has 0 aromatic heterocycles. The van der Waals surface area contributed by atoms with Crippen molar-refractivity contribution in [2.75, 3.05) is 33.5 Å². The molecular weight excluding hydrogens is 220 g/mol. The van der Waals surface area contributed by atoms with Crippen LogP contribution in [0, 0.1) is 0 Å². The standard InChI is InChI=1S/C12H24N2O3/c1-10(12(15)13-6-9-16-2)14-11-4-3-7-17-8-5-11/h10-11,14H,3-9H2,1-2H3,(H,13,15). The highest BCUT2D eigenvalue weighted by Gasteiger charge is 2.18. The first-order valence-electron chi connectivity index (χ1n) is 6.34. The van der Waals surface area contributed by atoms with Crippen molar-refractivity contribution < 1.29 is 14.3 Å². The molecule has 1 fully saturated rings. The molecule has 1 aliphatic rings. The fourth-order valence-electron chi connectivity index (χ4n) is 1.93. The number of amides is 1. The first kappa shape index (κ1) is 14.4. The maximum Gasteiger partial charge on any atom is 0.236 e. The van der Waals surface area contributed by atoms with E-state index >= 15 is 0 Å². The van der Waals surface area contributed by atoms with Gasteiger partial charge in [-0.05, 0) is 26.2 Å². The molecule has 1 amide bonds. The molecule has 1 rings (SSSR count). The minimum atomic E-state index is -0.157. The van der Waals surface area contributed by atoms with Crippen LogP contribution in [0.5, 0.6) is 0 Å². The average Bonchev–Trinajstić information content (AvgIpc) is 2.57. The Balaban J connectivity index is 2.21. The molecular formula is C12H24N2O3.